The molecule has 1 aliphatic heterocycles. The molecular formula is C18H23N3O8S. The van der Waals surface area contributed by atoms with E-state index in [0.717, 1.165) is 6.07 Å². The van der Waals surface area contributed by atoms with Crippen LogP contribution in [0.5, 0.6) is 0 Å². The smallest absolute Gasteiger partial charge is 0.326 e. The lowest BCUT2D eigenvalue weighted by molar-refractivity contribution is -0.384. The van der Waals surface area contributed by atoms with Crippen LogP contribution in [0.25, 0.3) is 0 Å². The molecule has 164 valence electrons. The van der Waals surface area contributed by atoms with E-state index in [2.05, 4.69) is 5.32 Å². The number of non-ortho nitro benzene ring substituents is 1. The Morgan fingerprint density at radius 1 is 1.37 bits per heavy atom. The molecular weight excluding hydrogens is 418 g/mol. The normalized spacial score (nSPS) is 18.3. The van der Waals surface area contributed by atoms with E-state index in [1.807, 2.05) is 0 Å². The monoisotopic (exact) mass is 441 g/mol. The van der Waals surface area contributed by atoms with Crippen LogP contribution in [0.4, 0.5) is 5.69 Å². The first kappa shape index (κ1) is 23.3. The number of nitrogens with one attached hydrogen (secondary N) is 1. The molecule has 0 spiro atoms. The minimum absolute atomic E-state index is 0.000672. The number of esters is 1. The molecule has 0 radical (unpaired) electrons. The molecule has 2 unspecified atom stereocenters. The fourth-order valence-electron chi connectivity index (χ4n) is 3.15. The van der Waals surface area contributed by atoms with E-state index < -0.39 is 51.2 Å². The highest BCUT2D eigenvalue weighted by molar-refractivity contribution is 7.91. The van der Waals surface area contributed by atoms with E-state index >= 15 is 0 Å². The van der Waals surface area contributed by atoms with Crippen molar-refractivity contribution in [3.8, 4) is 0 Å². The van der Waals surface area contributed by atoms with Gasteiger partial charge in [0, 0.05) is 30.3 Å². The molecule has 1 aliphatic rings. The molecule has 1 aromatic carbocycles. The van der Waals surface area contributed by atoms with Gasteiger partial charge < -0.3 is 15.0 Å². The lowest BCUT2D eigenvalue weighted by Crippen LogP contribution is -2.47. The standard InChI is InChI=1S/C18H23N3O8S/c1-3-20(15-7-8-30(27,28)11-15)18(24)12(2)29-16(22)10-19-17(23)13-5-4-6-14(9-13)21(25)26/h4-6,9,12,15H,3,7-8,10-11H2,1-2H3,(H,19,23). The van der Waals surface area contributed by atoms with Crippen LogP contribution in [0, 0.1) is 10.1 Å². The van der Waals surface area contributed by atoms with Crippen LogP contribution in [-0.2, 0) is 24.2 Å². The molecule has 1 fully saturated rings. The molecule has 2 rings (SSSR count). The molecule has 12 heteroatoms. The zero-order chi connectivity index (χ0) is 22.5. The lowest BCUT2D eigenvalue weighted by Gasteiger charge is -2.29. The number of nitrogens with zero attached hydrogens (tertiary/aromatic N) is 2. The number of ether oxygens (including phenoxy) is 1. The van der Waals surface area contributed by atoms with Crippen molar-refractivity contribution in [1.29, 1.82) is 0 Å². The Kier molecular flexibility index (Phi) is 7.48. The topological polar surface area (TPSA) is 153 Å². The van der Waals surface area contributed by atoms with Gasteiger partial charge in [0.05, 0.1) is 16.4 Å². The second kappa shape index (κ2) is 9.65. The first-order valence-electron chi connectivity index (χ1n) is 9.27. The van der Waals surface area contributed by atoms with E-state index in [-0.39, 0.29) is 29.3 Å². The maximum absolute atomic E-state index is 12.6. The SMILES string of the molecule is CCN(C(=O)C(C)OC(=O)CNC(=O)c1cccc([N+](=O)[O-])c1)C1CCS(=O)(=O)C1. The summed E-state index contributed by atoms with van der Waals surface area (Å²) < 4.78 is 28.4. The van der Waals surface area contributed by atoms with Crippen LogP contribution in [0.15, 0.2) is 24.3 Å². The minimum atomic E-state index is -3.18. The Morgan fingerprint density at radius 3 is 2.63 bits per heavy atom. The Morgan fingerprint density at radius 2 is 2.07 bits per heavy atom. The van der Waals surface area contributed by atoms with Gasteiger partial charge in [-0.1, -0.05) is 6.07 Å². The number of benzene rings is 1. The molecule has 1 saturated heterocycles. The van der Waals surface area contributed by atoms with Crippen LogP contribution in [0.3, 0.4) is 0 Å². The predicted molar refractivity (Wildman–Crippen MR) is 105 cm³/mol. The molecule has 2 atom stereocenters. The quantitative estimate of drug-likeness (QED) is 0.343. The highest BCUT2D eigenvalue weighted by Gasteiger charge is 2.36. The molecule has 1 heterocycles. The summed E-state index contributed by atoms with van der Waals surface area (Å²) in [6.07, 6.45) is -0.822. The van der Waals surface area contributed by atoms with Gasteiger partial charge >= 0.3 is 5.97 Å². The third kappa shape index (κ3) is 5.99. The van der Waals surface area contributed by atoms with Gasteiger partial charge in [-0.2, -0.15) is 0 Å². The number of carbonyl (C=O) groups excluding carboxylic acids is 3. The molecule has 11 nitrogen and oxygen atoms in total. The van der Waals surface area contributed by atoms with Crippen molar-refractivity contribution in [2.75, 3.05) is 24.6 Å². The number of sulfone groups is 1. The van der Waals surface area contributed by atoms with E-state index in [4.69, 9.17) is 4.74 Å². The second-order valence-electron chi connectivity index (χ2n) is 6.80. The average Bonchev–Trinajstić information content (AvgIpc) is 3.05. The van der Waals surface area contributed by atoms with Crippen LogP contribution in [-0.4, -0.2) is 72.8 Å². The molecule has 0 aliphatic carbocycles. The van der Waals surface area contributed by atoms with Gasteiger partial charge in [0.1, 0.15) is 6.54 Å². The first-order valence-corrected chi connectivity index (χ1v) is 11.1. The fraction of sp³-hybridized carbons (Fsp3) is 0.500. The third-order valence-corrected chi connectivity index (χ3v) is 6.39. The summed E-state index contributed by atoms with van der Waals surface area (Å²) in [6, 6.07) is 4.54. The minimum Gasteiger partial charge on any atom is -0.451 e. The Hall–Kier alpha value is -3.02. The van der Waals surface area contributed by atoms with E-state index in [0.29, 0.717) is 6.42 Å². The number of nitro groups is 1. The number of hydrogen-bond acceptors (Lipinski definition) is 8. The van der Waals surface area contributed by atoms with Gasteiger partial charge in [-0.05, 0) is 26.3 Å². The summed E-state index contributed by atoms with van der Waals surface area (Å²) in [7, 11) is -3.18. The molecule has 0 aromatic heterocycles. The number of nitro benzene ring substituents is 1. The Balaban J connectivity index is 1.89. The summed E-state index contributed by atoms with van der Waals surface area (Å²) in [6.45, 7) is 2.80. The first-order chi connectivity index (χ1) is 14.0. The fourth-order valence-corrected chi connectivity index (χ4v) is 4.88. The molecule has 0 saturated carbocycles. The van der Waals surface area contributed by atoms with E-state index in [1.165, 1.54) is 30.0 Å². The number of hydrogen-bond donors (Lipinski definition) is 1. The van der Waals surface area contributed by atoms with Crippen molar-refractivity contribution in [3.63, 3.8) is 0 Å². The van der Waals surface area contributed by atoms with Gasteiger partial charge in [0.2, 0.25) is 0 Å². The largest absolute Gasteiger partial charge is 0.451 e. The van der Waals surface area contributed by atoms with Crippen LogP contribution < -0.4 is 5.32 Å². The lowest BCUT2D eigenvalue weighted by atomic mass is 10.2. The van der Waals surface area contributed by atoms with Gasteiger partial charge in [0.25, 0.3) is 17.5 Å². The van der Waals surface area contributed by atoms with Crippen molar-refractivity contribution in [2.24, 2.45) is 0 Å². The average molecular weight is 441 g/mol. The third-order valence-electron chi connectivity index (χ3n) is 4.64. The van der Waals surface area contributed by atoms with E-state index in [1.54, 1.807) is 6.92 Å². The molecule has 1 aromatic rings. The van der Waals surface area contributed by atoms with Gasteiger partial charge in [-0.25, -0.2) is 8.42 Å². The Bertz CT molecular complexity index is 947. The van der Waals surface area contributed by atoms with E-state index in [9.17, 15) is 32.9 Å². The summed E-state index contributed by atoms with van der Waals surface area (Å²) in [5.74, 6) is -2.20. The number of rotatable bonds is 8. The summed E-state index contributed by atoms with van der Waals surface area (Å²) in [5, 5.41) is 13.0. The van der Waals surface area contributed by atoms with Crippen molar-refractivity contribution in [3.05, 3.63) is 39.9 Å². The summed E-state index contributed by atoms with van der Waals surface area (Å²) in [5.41, 5.74) is -0.265. The molecule has 1 N–H and O–H groups in total. The number of carbonyl (C=O) groups is 3. The van der Waals surface area contributed by atoms with Crippen LogP contribution in [0.1, 0.15) is 30.6 Å². The van der Waals surface area contributed by atoms with Crippen molar-refractivity contribution < 1.29 is 32.5 Å². The highest BCUT2D eigenvalue weighted by atomic mass is 32.2. The summed E-state index contributed by atoms with van der Waals surface area (Å²) >= 11 is 0. The van der Waals surface area contributed by atoms with Gasteiger partial charge in [-0.15, -0.1) is 0 Å². The van der Waals surface area contributed by atoms with Gasteiger partial charge in [-0.3, -0.25) is 24.5 Å². The van der Waals surface area contributed by atoms with Crippen molar-refractivity contribution >= 4 is 33.3 Å². The second-order valence-corrected chi connectivity index (χ2v) is 9.03. The zero-order valence-corrected chi connectivity index (χ0v) is 17.4. The zero-order valence-electron chi connectivity index (χ0n) is 16.6. The van der Waals surface area contributed by atoms with Crippen LogP contribution in [0.2, 0.25) is 0 Å². The van der Waals surface area contributed by atoms with Crippen molar-refractivity contribution in [1.82, 2.24) is 10.2 Å². The molecule has 0 bridgehead atoms. The molecule has 2 amide bonds. The maximum atomic E-state index is 12.6. The summed E-state index contributed by atoms with van der Waals surface area (Å²) in [4.78, 5) is 48.1. The molecule has 30 heavy (non-hydrogen) atoms. The maximum Gasteiger partial charge on any atom is 0.326 e. The number of likely N-dealkylation sites (N-methyl/N-ethyl adjacent to an activating group) is 1. The highest BCUT2D eigenvalue weighted by Crippen LogP contribution is 2.19. The predicted octanol–water partition coefficient (Wildman–Crippen LogP) is 0.292. The van der Waals surface area contributed by atoms with Crippen molar-refractivity contribution in [2.45, 2.75) is 32.4 Å². The van der Waals surface area contributed by atoms with Crippen LogP contribution >= 0.6 is 0 Å². The Labute approximate surface area is 173 Å². The number of amides is 2. The van der Waals surface area contributed by atoms with Gasteiger partial charge in [0.15, 0.2) is 15.9 Å².